The van der Waals surface area contributed by atoms with Crippen LogP contribution in [0.1, 0.15) is 20.8 Å². The molecular formula is C17H15Cl2N3O3S. The quantitative estimate of drug-likeness (QED) is 0.806. The lowest BCUT2D eigenvalue weighted by atomic mass is 10.1. The van der Waals surface area contributed by atoms with Crippen LogP contribution in [0.2, 0.25) is 10.0 Å². The van der Waals surface area contributed by atoms with Crippen molar-refractivity contribution in [2.45, 2.75) is 6.92 Å². The fourth-order valence-electron chi connectivity index (χ4n) is 2.04. The Bertz CT molecular complexity index is 903. The van der Waals surface area contributed by atoms with Crippen LogP contribution in [0.25, 0.3) is 0 Å². The highest BCUT2D eigenvalue weighted by Crippen LogP contribution is 2.33. The van der Waals surface area contributed by atoms with E-state index in [1.54, 1.807) is 33.2 Å². The van der Waals surface area contributed by atoms with Gasteiger partial charge in [0.15, 0.2) is 6.61 Å². The molecule has 136 valence electrons. The minimum absolute atomic E-state index is 0.228. The second-order valence-corrected chi connectivity index (χ2v) is 7.35. The fraction of sp³-hybridized carbons (Fsp3) is 0.235. The van der Waals surface area contributed by atoms with Crippen LogP contribution in [0.5, 0.6) is 5.75 Å². The Morgan fingerprint density at radius 1 is 1.35 bits per heavy atom. The normalized spacial score (nSPS) is 10.2. The lowest BCUT2D eigenvalue weighted by Crippen LogP contribution is -2.21. The predicted molar refractivity (Wildman–Crippen MR) is 102 cm³/mol. The average Bonchev–Trinajstić information content (AvgIpc) is 2.88. The molecule has 6 nitrogen and oxygen atoms in total. The van der Waals surface area contributed by atoms with Crippen LogP contribution in [0.4, 0.5) is 5.00 Å². The molecule has 0 bridgehead atoms. The molecule has 0 aliphatic heterocycles. The van der Waals surface area contributed by atoms with Gasteiger partial charge in [-0.15, -0.1) is 11.3 Å². The van der Waals surface area contributed by atoms with Gasteiger partial charge in [0, 0.05) is 19.1 Å². The SMILES string of the molecule is Cc1c(C(=O)N(C)C)sc(NC(=O)COc2ccc(Cl)cc2Cl)c1C#N. The summed E-state index contributed by atoms with van der Waals surface area (Å²) in [5.41, 5.74) is 0.797. The van der Waals surface area contributed by atoms with E-state index in [9.17, 15) is 14.9 Å². The molecule has 0 aliphatic carbocycles. The Hall–Kier alpha value is -2.27. The molecule has 1 aromatic heterocycles. The zero-order valence-electron chi connectivity index (χ0n) is 14.2. The van der Waals surface area contributed by atoms with Crippen molar-refractivity contribution in [2.75, 3.05) is 26.0 Å². The Kier molecular flexibility index (Phi) is 6.48. The number of nitrogens with one attached hydrogen (secondary N) is 1. The summed E-state index contributed by atoms with van der Waals surface area (Å²) >= 11 is 12.8. The maximum atomic E-state index is 12.2. The zero-order valence-corrected chi connectivity index (χ0v) is 16.6. The maximum absolute atomic E-state index is 12.2. The number of hydrogen-bond donors (Lipinski definition) is 1. The van der Waals surface area contributed by atoms with E-state index in [4.69, 9.17) is 27.9 Å². The van der Waals surface area contributed by atoms with E-state index in [-0.39, 0.29) is 23.1 Å². The van der Waals surface area contributed by atoms with Crippen LogP contribution in [-0.4, -0.2) is 37.4 Å². The summed E-state index contributed by atoms with van der Waals surface area (Å²) < 4.78 is 5.37. The van der Waals surface area contributed by atoms with Crippen molar-refractivity contribution >= 4 is 51.4 Å². The molecule has 0 saturated carbocycles. The third-order valence-corrected chi connectivity index (χ3v) is 5.09. The molecule has 0 unspecified atom stereocenters. The molecule has 2 aromatic rings. The molecule has 2 rings (SSSR count). The molecule has 0 fully saturated rings. The highest BCUT2D eigenvalue weighted by Gasteiger charge is 2.22. The molecule has 2 amide bonds. The van der Waals surface area contributed by atoms with E-state index in [0.717, 1.165) is 11.3 Å². The third-order valence-electron chi connectivity index (χ3n) is 3.36. The minimum atomic E-state index is -0.474. The zero-order chi connectivity index (χ0) is 19.4. The number of carbonyl (C=O) groups excluding carboxylic acids is 2. The Morgan fingerprint density at radius 2 is 2.04 bits per heavy atom. The molecule has 1 heterocycles. The van der Waals surface area contributed by atoms with Crippen LogP contribution in [0, 0.1) is 18.3 Å². The van der Waals surface area contributed by atoms with Crippen molar-refractivity contribution < 1.29 is 14.3 Å². The maximum Gasteiger partial charge on any atom is 0.263 e. The summed E-state index contributed by atoms with van der Waals surface area (Å²) in [5, 5.41) is 13.0. The number of benzene rings is 1. The summed E-state index contributed by atoms with van der Waals surface area (Å²) in [7, 11) is 3.24. The van der Waals surface area contributed by atoms with E-state index in [1.165, 1.54) is 11.0 Å². The number of amides is 2. The monoisotopic (exact) mass is 411 g/mol. The van der Waals surface area contributed by atoms with Gasteiger partial charge in [0.25, 0.3) is 11.8 Å². The van der Waals surface area contributed by atoms with Gasteiger partial charge < -0.3 is 15.0 Å². The van der Waals surface area contributed by atoms with Crippen molar-refractivity contribution in [2.24, 2.45) is 0 Å². The first-order chi connectivity index (χ1) is 12.2. The number of rotatable bonds is 5. The topological polar surface area (TPSA) is 82.4 Å². The smallest absolute Gasteiger partial charge is 0.263 e. The first kappa shape index (κ1) is 20.0. The molecule has 9 heteroatoms. The van der Waals surface area contributed by atoms with Gasteiger partial charge in [-0.3, -0.25) is 9.59 Å². The third kappa shape index (κ3) is 4.47. The van der Waals surface area contributed by atoms with Crippen molar-refractivity contribution in [3.63, 3.8) is 0 Å². The highest BCUT2D eigenvalue weighted by atomic mass is 35.5. The van der Waals surface area contributed by atoms with Crippen LogP contribution >= 0.6 is 34.5 Å². The van der Waals surface area contributed by atoms with Crippen molar-refractivity contribution in [3.05, 3.63) is 44.2 Å². The number of anilines is 1. The van der Waals surface area contributed by atoms with E-state index in [1.807, 2.05) is 6.07 Å². The number of carbonyl (C=O) groups is 2. The first-order valence-corrected chi connectivity index (χ1v) is 8.94. The summed E-state index contributed by atoms with van der Waals surface area (Å²) in [6.45, 7) is 1.37. The average molecular weight is 412 g/mol. The molecule has 0 atom stereocenters. The van der Waals surface area contributed by atoms with Crippen LogP contribution < -0.4 is 10.1 Å². The Balaban J connectivity index is 2.12. The van der Waals surface area contributed by atoms with Gasteiger partial charge in [-0.25, -0.2) is 0 Å². The van der Waals surface area contributed by atoms with Crippen LogP contribution in [0.3, 0.4) is 0 Å². The molecule has 1 aromatic carbocycles. The highest BCUT2D eigenvalue weighted by molar-refractivity contribution is 7.18. The Morgan fingerprint density at radius 3 is 2.62 bits per heavy atom. The predicted octanol–water partition coefficient (Wildman–Crippen LogP) is 3.95. The minimum Gasteiger partial charge on any atom is -0.482 e. The number of nitriles is 1. The van der Waals surface area contributed by atoms with E-state index >= 15 is 0 Å². The number of nitrogens with zero attached hydrogens (tertiary/aromatic N) is 2. The lowest BCUT2D eigenvalue weighted by Gasteiger charge is -2.09. The number of thiophene rings is 1. The van der Waals surface area contributed by atoms with Gasteiger partial charge in [-0.1, -0.05) is 23.2 Å². The van der Waals surface area contributed by atoms with Crippen molar-refractivity contribution in [3.8, 4) is 11.8 Å². The van der Waals surface area contributed by atoms with Crippen LogP contribution in [-0.2, 0) is 4.79 Å². The largest absolute Gasteiger partial charge is 0.482 e. The second-order valence-electron chi connectivity index (χ2n) is 5.48. The van der Waals surface area contributed by atoms with Gasteiger partial charge in [-0.05, 0) is 30.7 Å². The summed E-state index contributed by atoms with van der Waals surface area (Å²) in [4.78, 5) is 26.1. The molecule has 0 spiro atoms. The summed E-state index contributed by atoms with van der Waals surface area (Å²) in [6.07, 6.45) is 0. The first-order valence-electron chi connectivity index (χ1n) is 7.37. The number of halogens is 2. The summed E-state index contributed by atoms with van der Waals surface area (Å²) in [6, 6.07) is 6.68. The Labute approximate surface area is 164 Å². The molecule has 1 N–H and O–H groups in total. The van der Waals surface area contributed by atoms with Crippen molar-refractivity contribution in [1.29, 1.82) is 5.26 Å². The van der Waals surface area contributed by atoms with Gasteiger partial charge in [0.1, 0.15) is 16.8 Å². The van der Waals surface area contributed by atoms with E-state index < -0.39 is 5.91 Å². The molecular weight excluding hydrogens is 397 g/mol. The lowest BCUT2D eigenvalue weighted by molar-refractivity contribution is -0.118. The van der Waals surface area contributed by atoms with E-state index in [0.29, 0.717) is 26.2 Å². The van der Waals surface area contributed by atoms with Gasteiger partial charge in [0.2, 0.25) is 0 Å². The van der Waals surface area contributed by atoms with Crippen molar-refractivity contribution in [1.82, 2.24) is 4.90 Å². The number of ether oxygens (including phenoxy) is 1. The van der Waals surface area contributed by atoms with Gasteiger partial charge >= 0.3 is 0 Å². The van der Waals surface area contributed by atoms with Gasteiger partial charge in [-0.2, -0.15) is 5.26 Å². The molecule has 0 aliphatic rings. The molecule has 26 heavy (non-hydrogen) atoms. The van der Waals surface area contributed by atoms with Gasteiger partial charge in [0.05, 0.1) is 15.5 Å². The fourth-order valence-corrected chi connectivity index (χ4v) is 3.70. The molecule has 0 radical (unpaired) electrons. The standard InChI is InChI=1S/C17H15Cl2N3O3S/c1-9-11(7-20)16(26-15(9)17(24)22(2)3)21-14(23)8-25-13-5-4-10(18)6-12(13)19/h4-6H,8H2,1-3H3,(H,21,23). The summed E-state index contributed by atoms with van der Waals surface area (Å²) in [5.74, 6) is -0.385. The van der Waals surface area contributed by atoms with E-state index in [2.05, 4.69) is 5.32 Å². The molecule has 0 saturated heterocycles. The number of hydrogen-bond acceptors (Lipinski definition) is 5. The second kappa shape index (κ2) is 8.41. The van der Waals surface area contributed by atoms with Crippen LogP contribution in [0.15, 0.2) is 18.2 Å².